The second-order valence-corrected chi connectivity index (χ2v) is 7.38. The van der Waals surface area contributed by atoms with Crippen molar-refractivity contribution >= 4 is 23.6 Å². The number of hydrogen-bond donors (Lipinski definition) is 1. The number of para-hydroxylation sites is 1. The number of hydrogen-bond acceptors (Lipinski definition) is 5. The zero-order valence-corrected chi connectivity index (χ0v) is 16.6. The van der Waals surface area contributed by atoms with Gasteiger partial charge in [-0.3, -0.25) is 0 Å². The third-order valence-corrected chi connectivity index (χ3v) is 5.13. The molecule has 1 aromatic carbocycles. The summed E-state index contributed by atoms with van der Waals surface area (Å²) in [6.45, 7) is 0.452. The van der Waals surface area contributed by atoms with E-state index in [9.17, 15) is 14.0 Å². The molecule has 0 unspecified atom stereocenters. The van der Waals surface area contributed by atoms with Gasteiger partial charge in [0.15, 0.2) is 0 Å². The Morgan fingerprint density at radius 2 is 1.70 bits per heavy atom. The maximum atomic E-state index is 13.3. The van der Waals surface area contributed by atoms with Crippen LogP contribution < -0.4 is 4.90 Å². The minimum absolute atomic E-state index is 0.239. The van der Waals surface area contributed by atoms with Crippen LogP contribution in [0.5, 0.6) is 0 Å². The summed E-state index contributed by atoms with van der Waals surface area (Å²) in [7, 11) is 0. The summed E-state index contributed by atoms with van der Waals surface area (Å²) in [6.07, 6.45) is 4.08. The summed E-state index contributed by atoms with van der Waals surface area (Å²) in [4.78, 5) is 28.7. The molecule has 0 atom stereocenters. The first kappa shape index (κ1) is 21.7. The number of anilines is 2. The van der Waals surface area contributed by atoms with Crippen LogP contribution in [0.1, 0.15) is 25.7 Å². The van der Waals surface area contributed by atoms with E-state index in [2.05, 4.69) is 4.98 Å². The molecule has 0 radical (unpaired) electrons. The SMILES string of the molecule is O=C(O)COCC1CCC(COC(=O)N(c2ccccc2)c2ccc(F)cn2)CC1. The zero-order chi connectivity index (χ0) is 21.3. The van der Waals surface area contributed by atoms with Gasteiger partial charge in [0.2, 0.25) is 0 Å². The predicted molar refractivity (Wildman–Crippen MR) is 108 cm³/mol. The van der Waals surface area contributed by atoms with Gasteiger partial charge < -0.3 is 14.6 Å². The van der Waals surface area contributed by atoms with Crippen molar-refractivity contribution in [3.8, 4) is 0 Å². The van der Waals surface area contributed by atoms with E-state index in [0.717, 1.165) is 31.9 Å². The van der Waals surface area contributed by atoms with Crippen LogP contribution in [0.3, 0.4) is 0 Å². The fourth-order valence-corrected chi connectivity index (χ4v) is 3.54. The highest BCUT2D eigenvalue weighted by molar-refractivity contribution is 5.94. The minimum Gasteiger partial charge on any atom is -0.480 e. The van der Waals surface area contributed by atoms with E-state index in [1.54, 1.807) is 24.3 Å². The second kappa shape index (κ2) is 10.7. The number of carboxylic acids is 1. The molecule has 0 spiro atoms. The number of carboxylic acid groups (broad SMARTS) is 1. The molecular weight excluding hydrogens is 391 g/mol. The van der Waals surface area contributed by atoms with Gasteiger partial charge in [-0.25, -0.2) is 23.9 Å². The van der Waals surface area contributed by atoms with Gasteiger partial charge in [-0.05, 0) is 61.8 Å². The van der Waals surface area contributed by atoms with Crippen LogP contribution in [0.25, 0.3) is 0 Å². The highest BCUT2D eigenvalue weighted by atomic mass is 19.1. The lowest BCUT2D eigenvalue weighted by Crippen LogP contribution is -2.30. The first-order valence-corrected chi connectivity index (χ1v) is 9.96. The summed E-state index contributed by atoms with van der Waals surface area (Å²) < 4.78 is 24.0. The fourth-order valence-electron chi connectivity index (χ4n) is 3.54. The lowest BCUT2D eigenvalue weighted by Gasteiger charge is -2.29. The number of rotatable bonds is 8. The molecule has 1 saturated carbocycles. The first-order chi connectivity index (χ1) is 14.5. The number of aromatic nitrogens is 1. The standard InChI is InChI=1S/C22H25FN2O5/c23-18-10-11-20(24-12-18)25(19-4-2-1-3-5-19)22(28)30-14-17-8-6-16(7-9-17)13-29-15-21(26)27/h1-5,10-12,16-17H,6-9,13-15H2,(H,26,27). The van der Waals surface area contributed by atoms with Crippen LogP contribution in [-0.2, 0) is 14.3 Å². The van der Waals surface area contributed by atoms with Gasteiger partial charge in [-0.1, -0.05) is 18.2 Å². The molecule has 2 aromatic rings. The van der Waals surface area contributed by atoms with Crippen molar-refractivity contribution < 1.29 is 28.6 Å². The summed E-state index contributed by atoms with van der Waals surface area (Å²) in [5.74, 6) is -0.589. The third-order valence-electron chi connectivity index (χ3n) is 5.13. The molecule has 1 amide bonds. The summed E-state index contributed by atoms with van der Waals surface area (Å²) in [6, 6.07) is 11.6. The molecule has 160 valence electrons. The van der Waals surface area contributed by atoms with Gasteiger partial charge in [0.05, 0.1) is 25.1 Å². The number of halogens is 1. The van der Waals surface area contributed by atoms with E-state index in [1.807, 2.05) is 6.07 Å². The van der Waals surface area contributed by atoms with Gasteiger partial charge in [-0.15, -0.1) is 0 Å². The number of nitrogens with zero attached hydrogens (tertiary/aromatic N) is 2. The van der Waals surface area contributed by atoms with Crippen LogP contribution in [0, 0.1) is 17.7 Å². The topological polar surface area (TPSA) is 89.0 Å². The number of pyridine rings is 1. The van der Waals surface area contributed by atoms with Crippen molar-refractivity contribution in [1.82, 2.24) is 4.98 Å². The first-order valence-electron chi connectivity index (χ1n) is 9.96. The largest absolute Gasteiger partial charge is 0.480 e. The van der Waals surface area contributed by atoms with E-state index in [1.165, 1.54) is 17.0 Å². The van der Waals surface area contributed by atoms with Crippen LogP contribution in [0.4, 0.5) is 20.7 Å². The maximum absolute atomic E-state index is 13.3. The lowest BCUT2D eigenvalue weighted by molar-refractivity contribution is -0.142. The number of carbonyl (C=O) groups is 2. The van der Waals surface area contributed by atoms with Gasteiger partial charge in [0, 0.05) is 0 Å². The smallest absolute Gasteiger partial charge is 0.420 e. The number of aliphatic carboxylic acids is 1. The highest BCUT2D eigenvalue weighted by Gasteiger charge is 2.25. The molecule has 1 aliphatic carbocycles. The molecular formula is C22H25FN2O5. The highest BCUT2D eigenvalue weighted by Crippen LogP contribution is 2.30. The van der Waals surface area contributed by atoms with Crippen molar-refractivity contribution in [1.29, 1.82) is 0 Å². The van der Waals surface area contributed by atoms with Crippen LogP contribution >= 0.6 is 0 Å². The molecule has 30 heavy (non-hydrogen) atoms. The molecule has 0 aliphatic heterocycles. The van der Waals surface area contributed by atoms with Gasteiger partial charge in [-0.2, -0.15) is 0 Å². The number of amides is 1. The number of ether oxygens (including phenoxy) is 2. The Morgan fingerprint density at radius 3 is 2.30 bits per heavy atom. The van der Waals surface area contributed by atoms with Crippen LogP contribution in [0.15, 0.2) is 48.7 Å². The predicted octanol–water partition coefficient (Wildman–Crippen LogP) is 4.40. The molecule has 1 aromatic heterocycles. The van der Waals surface area contributed by atoms with Gasteiger partial charge >= 0.3 is 12.1 Å². The number of carbonyl (C=O) groups excluding carboxylic acids is 1. The Hall–Kier alpha value is -3.00. The molecule has 1 fully saturated rings. The Labute approximate surface area is 174 Å². The molecule has 8 heteroatoms. The van der Waals surface area contributed by atoms with Crippen molar-refractivity contribution in [3.05, 3.63) is 54.5 Å². The quantitative estimate of drug-likeness (QED) is 0.686. The van der Waals surface area contributed by atoms with Crippen molar-refractivity contribution in [2.24, 2.45) is 11.8 Å². The van der Waals surface area contributed by atoms with Crippen molar-refractivity contribution in [2.45, 2.75) is 25.7 Å². The maximum Gasteiger partial charge on any atom is 0.420 e. The van der Waals surface area contributed by atoms with E-state index in [0.29, 0.717) is 18.2 Å². The van der Waals surface area contributed by atoms with E-state index >= 15 is 0 Å². The summed E-state index contributed by atoms with van der Waals surface area (Å²) in [5, 5.41) is 8.63. The van der Waals surface area contributed by atoms with Gasteiger partial charge in [0.1, 0.15) is 18.2 Å². The molecule has 1 heterocycles. The third kappa shape index (κ3) is 6.25. The van der Waals surface area contributed by atoms with Crippen molar-refractivity contribution in [2.75, 3.05) is 24.7 Å². The second-order valence-electron chi connectivity index (χ2n) is 7.38. The molecule has 0 saturated heterocycles. The number of benzene rings is 1. The molecule has 3 rings (SSSR count). The Balaban J connectivity index is 1.54. The molecule has 1 aliphatic rings. The van der Waals surface area contributed by atoms with Gasteiger partial charge in [0.25, 0.3) is 0 Å². The molecule has 1 N–H and O–H groups in total. The Kier molecular flexibility index (Phi) is 7.73. The van der Waals surface area contributed by atoms with E-state index in [-0.39, 0.29) is 24.9 Å². The van der Waals surface area contributed by atoms with Crippen LogP contribution in [-0.4, -0.2) is 42.0 Å². The molecule has 0 bridgehead atoms. The Bertz CT molecular complexity index is 823. The molecule has 7 nitrogen and oxygen atoms in total. The average molecular weight is 416 g/mol. The van der Waals surface area contributed by atoms with E-state index < -0.39 is 17.9 Å². The zero-order valence-electron chi connectivity index (χ0n) is 16.6. The normalized spacial score (nSPS) is 18.6. The van der Waals surface area contributed by atoms with E-state index in [4.69, 9.17) is 14.6 Å². The lowest BCUT2D eigenvalue weighted by atomic mass is 9.83. The fraction of sp³-hybridized carbons (Fsp3) is 0.409. The summed E-state index contributed by atoms with van der Waals surface area (Å²) >= 11 is 0. The summed E-state index contributed by atoms with van der Waals surface area (Å²) in [5.41, 5.74) is 0.584. The monoisotopic (exact) mass is 416 g/mol. The van der Waals surface area contributed by atoms with Crippen molar-refractivity contribution in [3.63, 3.8) is 0 Å². The average Bonchev–Trinajstić information content (AvgIpc) is 2.75. The Morgan fingerprint density at radius 1 is 1.03 bits per heavy atom. The minimum atomic E-state index is -0.964. The van der Waals surface area contributed by atoms with Crippen LogP contribution in [0.2, 0.25) is 0 Å².